The van der Waals surface area contributed by atoms with E-state index in [0.717, 1.165) is 15.1 Å². The molecule has 3 aromatic carbocycles. The maximum Gasteiger partial charge on any atom is 0.243 e. The monoisotopic (exact) mass is 396 g/mol. The van der Waals surface area contributed by atoms with Gasteiger partial charge in [-0.3, -0.25) is 9.59 Å². The zero-order valence-electron chi connectivity index (χ0n) is 15.5. The van der Waals surface area contributed by atoms with Gasteiger partial charge in [-0.15, -0.1) is 0 Å². The van der Waals surface area contributed by atoms with E-state index in [2.05, 4.69) is 5.32 Å². The van der Waals surface area contributed by atoms with Crippen LogP contribution in [0, 0.1) is 0 Å². The van der Waals surface area contributed by atoms with E-state index in [4.69, 9.17) is 0 Å². The molecule has 28 heavy (non-hydrogen) atoms. The molecule has 0 heterocycles. The van der Waals surface area contributed by atoms with E-state index in [1.54, 1.807) is 36.4 Å². The largest absolute Gasteiger partial charge is 0.325 e. The van der Waals surface area contributed by atoms with Crippen LogP contribution in [0.4, 0.5) is 5.69 Å². The average Bonchev–Trinajstić information content (AvgIpc) is 2.67. The van der Waals surface area contributed by atoms with Gasteiger partial charge in [-0.25, -0.2) is 8.42 Å². The number of ketones is 1. The quantitative estimate of drug-likeness (QED) is 0.648. The lowest BCUT2D eigenvalue weighted by Crippen LogP contribution is -2.34. The Kier molecular flexibility index (Phi) is 5.58. The molecule has 7 heteroatoms. The topological polar surface area (TPSA) is 83.6 Å². The Morgan fingerprint density at radius 1 is 0.929 bits per heavy atom. The van der Waals surface area contributed by atoms with Crippen molar-refractivity contribution in [1.29, 1.82) is 0 Å². The number of carbonyl (C=O) groups is 2. The molecule has 0 fully saturated rings. The van der Waals surface area contributed by atoms with Crippen molar-refractivity contribution < 1.29 is 18.0 Å². The summed E-state index contributed by atoms with van der Waals surface area (Å²) in [4.78, 5) is 23.7. The Labute approximate surface area is 163 Å². The fourth-order valence-corrected chi connectivity index (χ4v) is 3.95. The van der Waals surface area contributed by atoms with Gasteiger partial charge in [-0.2, -0.15) is 4.31 Å². The molecule has 0 bridgehead atoms. The molecule has 3 rings (SSSR count). The van der Waals surface area contributed by atoms with Gasteiger partial charge in [-0.05, 0) is 54.1 Å². The number of hydrogen-bond acceptors (Lipinski definition) is 4. The Hall–Kier alpha value is -3.03. The summed E-state index contributed by atoms with van der Waals surface area (Å²) in [6.07, 6.45) is 0. The van der Waals surface area contributed by atoms with Gasteiger partial charge in [0, 0.05) is 18.3 Å². The van der Waals surface area contributed by atoms with Crippen LogP contribution in [0.5, 0.6) is 0 Å². The van der Waals surface area contributed by atoms with Gasteiger partial charge >= 0.3 is 0 Å². The zero-order chi connectivity index (χ0) is 20.3. The Balaban J connectivity index is 1.71. The second-order valence-corrected chi connectivity index (χ2v) is 8.50. The Morgan fingerprint density at radius 3 is 2.21 bits per heavy atom. The van der Waals surface area contributed by atoms with Crippen molar-refractivity contribution in [3.8, 4) is 0 Å². The molecule has 0 unspecified atom stereocenters. The van der Waals surface area contributed by atoms with Crippen LogP contribution < -0.4 is 5.32 Å². The SMILES string of the molecule is CC(=O)c1ccc(NC(=O)CN(C)S(=O)(=O)c2ccc3ccccc3c2)cc1. The zero-order valence-corrected chi connectivity index (χ0v) is 16.4. The maximum atomic E-state index is 12.8. The van der Waals surface area contributed by atoms with Crippen molar-refractivity contribution in [2.45, 2.75) is 11.8 Å². The molecule has 6 nitrogen and oxygen atoms in total. The summed E-state index contributed by atoms with van der Waals surface area (Å²) in [5.41, 5.74) is 1.03. The van der Waals surface area contributed by atoms with Crippen LogP contribution in [-0.4, -0.2) is 38.0 Å². The van der Waals surface area contributed by atoms with E-state index in [0.29, 0.717) is 11.3 Å². The Morgan fingerprint density at radius 2 is 1.57 bits per heavy atom. The highest BCUT2D eigenvalue weighted by molar-refractivity contribution is 7.89. The highest BCUT2D eigenvalue weighted by Crippen LogP contribution is 2.21. The van der Waals surface area contributed by atoms with Crippen LogP contribution >= 0.6 is 0 Å². The normalized spacial score (nSPS) is 11.5. The minimum atomic E-state index is -3.81. The number of amides is 1. The minimum absolute atomic E-state index is 0.0703. The standard InChI is InChI=1S/C21H20N2O4S/c1-15(24)16-7-10-19(11-8-16)22-21(25)14-23(2)28(26,27)20-12-9-17-5-3-4-6-18(17)13-20/h3-13H,14H2,1-2H3,(H,22,25). The van der Waals surface area contributed by atoms with Gasteiger partial charge < -0.3 is 5.32 Å². The highest BCUT2D eigenvalue weighted by Gasteiger charge is 2.23. The first kappa shape index (κ1) is 19.7. The van der Waals surface area contributed by atoms with Crippen molar-refractivity contribution in [1.82, 2.24) is 4.31 Å². The van der Waals surface area contributed by atoms with Crippen LogP contribution in [0.2, 0.25) is 0 Å². The molecule has 0 saturated heterocycles. The lowest BCUT2D eigenvalue weighted by atomic mass is 10.1. The minimum Gasteiger partial charge on any atom is -0.325 e. The van der Waals surface area contributed by atoms with Crippen molar-refractivity contribution in [2.24, 2.45) is 0 Å². The van der Waals surface area contributed by atoms with Crippen molar-refractivity contribution in [3.63, 3.8) is 0 Å². The van der Waals surface area contributed by atoms with Gasteiger partial charge in [0.2, 0.25) is 15.9 Å². The van der Waals surface area contributed by atoms with Gasteiger partial charge in [0.25, 0.3) is 0 Å². The van der Waals surface area contributed by atoms with Gasteiger partial charge in [-0.1, -0.05) is 30.3 Å². The van der Waals surface area contributed by atoms with Crippen LogP contribution in [0.1, 0.15) is 17.3 Å². The average molecular weight is 396 g/mol. The van der Waals surface area contributed by atoms with E-state index >= 15 is 0 Å². The van der Waals surface area contributed by atoms with E-state index in [9.17, 15) is 18.0 Å². The molecule has 1 amide bonds. The first-order chi connectivity index (χ1) is 13.3. The number of benzene rings is 3. The van der Waals surface area contributed by atoms with Crippen LogP contribution in [-0.2, 0) is 14.8 Å². The molecule has 0 spiro atoms. The molecule has 0 saturated carbocycles. The molecule has 144 valence electrons. The summed E-state index contributed by atoms with van der Waals surface area (Å²) in [6.45, 7) is 1.13. The fourth-order valence-electron chi connectivity index (χ4n) is 2.78. The highest BCUT2D eigenvalue weighted by atomic mass is 32.2. The predicted octanol–water partition coefficient (Wildman–Crippen LogP) is 3.30. The van der Waals surface area contributed by atoms with Crippen LogP contribution in [0.15, 0.2) is 71.6 Å². The van der Waals surface area contributed by atoms with E-state index in [-0.39, 0.29) is 17.2 Å². The number of nitrogens with one attached hydrogen (secondary N) is 1. The number of carbonyl (C=O) groups excluding carboxylic acids is 2. The molecular formula is C21H20N2O4S. The van der Waals surface area contributed by atoms with Crippen molar-refractivity contribution in [2.75, 3.05) is 18.9 Å². The molecule has 0 aliphatic rings. The number of sulfonamides is 1. The number of fused-ring (bicyclic) bond motifs is 1. The Bertz CT molecular complexity index is 1140. The third-order valence-electron chi connectivity index (χ3n) is 4.37. The number of hydrogen-bond donors (Lipinski definition) is 1. The molecule has 0 aromatic heterocycles. The summed E-state index contributed by atoms with van der Waals surface area (Å²) in [7, 11) is -2.44. The van der Waals surface area contributed by atoms with Gasteiger partial charge in [0.1, 0.15) is 0 Å². The molecule has 0 aliphatic carbocycles. The lowest BCUT2D eigenvalue weighted by molar-refractivity contribution is -0.116. The molecule has 0 aliphatic heterocycles. The third-order valence-corrected chi connectivity index (χ3v) is 6.17. The second kappa shape index (κ2) is 7.92. The van der Waals surface area contributed by atoms with E-state index < -0.39 is 15.9 Å². The van der Waals surface area contributed by atoms with Crippen LogP contribution in [0.3, 0.4) is 0 Å². The smallest absolute Gasteiger partial charge is 0.243 e. The predicted molar refractivity (Wildman–Crippen MR) is 109 cm³/mol. The third kappa shape index (κ3) is 4.27. The second-order valence-electron chi connectivity index (χ2n) is 6.45. The van der Waals surface area contributed by atoms with Gasteiger partial charge in [0.05, 0.1) is 11.4 Å². The molecule has 3 aromatic rings. The maximum absolute atomic E-state index is 12.8. The first-order valence-electron chi connectivity index (χ1n) is 8.63. The summed E-state index contributed by atoms with van der Waals surface area (Å²) < 4.78 is 26.6. The first-order valence-corrected chi connectivity index (χ1v) is 10.1. The number of anilines is 1. The molecule has 0 atom stereocenters. The van der Waals surface area contributed by atoms with Crippen LogP contribution in [0.25, 0.3) is 10.8 Å². The van der Waals surface area contributed by atoms with E-state index in [1.807, 2.05) is 24.3 Å². The summed E-state index contributed by atoms with van der Waals surface area (Å²) in [6, 6.07) is 18.8. The molecule has 0 radical (unpaired) electrons. The number of rotatable bonds is 6. The van der Waals surface area contributed by atoms with Crippen molar-refractivity contribution in [3.05, 3.63) is 72.3 Å². The number of likely N-dealkylation sites (N-methyl/N-ethyl adjacent to an activating group) is 1. The van der Waals surface area contributed by atoms with Crippen molar-refractivity contribution >= 4 is 38.2 Å². The molecular weight excluding hydrogens is 376 g/mol. The number of nitrogens with zero attached hydrogens (tertiary/aromatic N) is 1. The fraction of sp³-hybridized carbons (Fsp3) is 0.143. The van der Waals surface area contributed by atoms with E-state index in [1.165, 1.54) is 20.0 Å². The number of Topliss-reactive ketones (excluding diaryl/α,β-unsaturated/α-hetero) is 1. The summed E-state index contributed by atoms with van der Waals surface area (Å²) in [5, 5.41) is 4.39. The summed E-state index contributed by atoms with van der Waals surface area (Å²) >= 11 is 0. The van der Waals surface area contributed by atoms with Gasteiger partial charge in [0.15, 0.2) is 5.78 Å². The molecule has 1 N–H and O–H groups in total. The summed E-state index contributed by atoms with van der Waals surface area (Å²) in [5.74, 6) is -0.540. The lowest BCUT2D eigenvalue weighted by Gasteiger charge is -2.17.